The molecule has 2 aromatic carbocycles. The minimum absolute atomic E-state index is 0.0714. The topological polar surface area (TPSA) is 184 Å². The summed E-state index contributed by atoms with van der Waals surface area (Å²) >= 11 is 6.61. The molecule has 17 nitrogen and oxygen atoms in total. The van der Waals surface area contributed by atoms with Crippen molar-refractivity contribution < 1.29 is 28.7 Å². The molecule has 1 atom stereocenters. The lowest BCUT2D eigenvalue weighted by Crippen LogP contribution is -2.79. The van der Waals surface area contributed by atoms with Gasteiger partial charge >= 0.3 is 0 Å². The Morgan fingerprint density at radius 1 is 1.02 bits per heavy atom. The number of imide groups is 1. The van der Waals surface area contributed by atoms with Crippen molar-refractivity contribution in [2.45, 2.75) is 101 Å². The molecule has 6 aliphatic rings. The first-order valence-electron chi connectivity index (χ1n) is 22.4. The Balaban J connectivity index is 0.708. The first kappa shape index (κ1) is 42.2. The van der Waals surface area contributed by atoms with Gasteiger partial charge in [0.15, 0.2) is 18.2 Å². The molecule has 4 aromatic rings. The number of rotatable bonds is 12. The molecule has 336 valence electrons. The number of pyridine rings is 1. The number of carbonyl (C=O) groups is 4. The van der Waals surface area contributed by atoms with Gasteiger partial charge in [0.2, 0.25) is 17.8 Å². The zero-order valence-corrected chi connectivity index (χ0v) is 37.0. The summed E-state index contributed by atoms with van der Waals surface area (Å²) in [5.74, 6) is 0.0165. The summed E-state index contributed by atoms with van der Waals surface area (Å²) in [5.41, 5.74) is 3.96. The molecule has 1 unspecified atom stereocenters. The third-order valence-corrected chi connectivity index (χ3v) is 14.3. The zero-order valence-electron chi connectivity index (χ0n) is 36.3. The second-order valence-corrected chi connectivity index (χ2v) is 18.7. The van der Waals surface area contributed by atoms with Crippen LogP contribution in [-0.2, 0) is 25.7 Å². The minimum Gasteiger partial charge on any atom is -0.478 e. The quantitative estimate of drug-likeness (QED) is 0.173. The first-order chi connectivity index (χ1) is 30.9. The first-order valence-corrected chi connectivity index (χ1v) is 22.8. The lowest BCUT2D eigenvalue weighted by atomic mass is 9.73. The van der Waals surface area contributed by atoms with Crippen molar-refractivity contribution >= 4 is 69.3 Å². The predicted octanol–water partition coefficient (Wildman–Crippen LogP) is 4.14. The van der Waals surface area contributed by atoms with E-state index in [9.17, 15) is 24.0 Å². The number of likely N-dealkylation sites (N-methyl/N-ethyl adjacent to an activating group) is 1. The SMILES string of the molecule is CNC(=O)COc1cc2cc(Nc3nc(N4CCC(OC5CC(N6CC7(CCN7c7cccc8c7CN(C7CCC(=O)NC7=O)C8=O)C6)C5)CC4)ncc3Cl)ccc2n(C(C)C)c1=O. The number of piperidine rings is 2. The number of nitrogens with zero attached hydrogens (tertiary/aromatic N) is 7. The standard InChI is InChI=1S/C46H53ClN10O7/c1-26(2)57-35-8-7-28(17-27(35)18-38(44(57)62)63-23-40(59)48-3)50-41-34(47)21-49-45(52-41)53-14-11-30(12-15-53)64-31-19-29(20-31)54-24-46(25-54)13-16-56(46)36-6-4-5-32-33(36)22-55(43(32)61)37-9-10-39(58)51-42(37)60/h4-8,17-18,21,26,29-31,37H,9-16,19-20,22-25H2,1-3H3,(H,48,59)(H,49,50,52)(H,51,58,60). The molecule has 10 rings (SSSR count). The van der Waals surface area contributed by atoms with Gasteiger partial charge in [-0.15, -0.1) is 0 Å². The van der Waals surface area contributed by atoms with Gasteiger partial charge in [-0.1, -0.05) is 17.7 Å². The van der Waals surface area contributed by atoms with Crippen LogP contribution in [0.3, 0.4) is 0 Å². The van der Waals surface area contributed by atoms with E-state index in [2.05, 4.69) is 41.7 Å². The number of hydrogen-bond donors (Lipinski definition) is 3. The van der Waals surface area contributed by atoms with Gasteiger partial charge in [-0.25, -0.2) is 4.98 Å². The van der Waals surface area contributed by atoms with E-state index in [1.165, 1.54) is 7.05 Å². The Morgan fingerprint density at radius 2 is 1.81 bits per heavy atom. The molecular weight excluding hydrogens is 840 g/mol. The fourth-order valence-electron chi connectivity index (χ4n) is 10.4. The van der Waals surface area contributed by atoms with Crippen LogP contribution in [0.25, 0.3) is 10.9 Å². The number of likely N-dealkylation sites (tertiary alicyclic amines) is 1. The Hall–Kier alpha value is -5.78. The Kier molecular flexibility index (Phi) is 11.0. The summed E-state index contributed by atoms with van der Waals surface area (Å²) in [5, 5.41) is 9.38. The number of amides is 4. The molecule has 4 amide bonds. The number of aromatic nitrogens is 3. The van der Waals surface area contributed by atoms with Crippen LogP contribution in [0.1, 0.15) is 80.8 Å². The van der Waals surface area contributed by atoms with E-state index in [1.807, 2.05) is 44.2 Å². The number of fused-ring (bicyclic) bond motifs is 2. The fourth-order valence-corrected chi connectivity index (χ4v) is 10.5. The maximum Gasteiger partial charge on any atom is 0.293 e. The average molecular weight is 893 g/mol. The highest BCUT2D eigenvalue weighted by Gasteiger charge is 2.57. The van der Waals surface area contributed by atoms with Gasteiger partial charge in [-0.2, -0.15) is 4.98 Å². The second kappa shape index (κ2) is 16.7. The highest BCUT2D eigenvalue weighted by atomic mass is 35.5. The third kappa shape index (κ3) is 7.60. The molecule has 64 heavy (non-hydrogen) atoms. The zero-order chi connectivity index (χ0) is 44.4. The van der Waals surface area contributed by atoms with Gasteiger partial charge < -0.3 is 39.4 Å². The van der Waals surface area contributed by atoms with E-state index in [1.54, 1.807) is 21.7 Å². The molecule has 18 heteroatoms. The smallest absolute Gasteiger partial charge is 0.293 e. The Bertz CT molecular complexity index is 2600. The van der Waals surface area contributed by atoms with Crippen LogP contribution in [0.4, 0.5) is 23.1 Å². The molecule has 1 spiro atoms. The van der Waals surface area contributed by atoms with Crippen LogP contribution in [0.15, 0.2) is 53.5 Å². The van der Waals surface area contributed by atoms with Gasteiger partial charge in [0.25, 0.3) is 17.4 Å². The van der Waals surface area contributed by atoms with E-state index in [0.29, 0.717) is 47.0 Å². The van der Waals surface area contributed by atoms with E-state index < -0.39 is 6.04 Å². The largest absolute Gasteiger partial charge is 0.478 e. The van der Waals surface area contributed by atoms with Crippen LogP contribution in [-0.4, -0.2) is 124 Å². The van der Waals surface area contributed by atoms with Crippen molar-refractivity contribution in [3.8, 4) is 5.75 Å². The van der Waals surface area contributed by atoms with Gasteiger partial charge in [-0.3, -0.25) is 34.2 Å². The molecule has 5 fully saturated rings. The maximum absolute atomic E-state index is 13.5. The van der Waals surface area contributed by atoms with Gasteiger partial charge in [0.1, 0.15) is 11.1 Å². The van der Waals surface area contributed by atoms with Crippen molar-refractivity contribution in [1.82, 2.24) is 35.0 Å². The van der Waals surface area contributed by atoms with Crippen LogP contribution in [0.5, 0.6) is 5.75 Å². The van der Waals surface area contributed by atoms with Crippen molar-refractivity contribution in [1.29, 1.82) is 0 Å². The predicted molar refractivity (Wildman–Crippen MR) is 240 cm³/mol. The summed E-state index contributed by atoms with van der Waals surface area (Å²) in [6, 6.07) is 13.0. The molecular formula is C46H53ClN10O7. The van der Waals surface area contributed by atoms with Crippen LogP contribution >= 0.6 is 11.6 Å². The number of halogens is 1. The molecule has 7 heterocycles. The molecule has 1 aliphatic carbocycles. The Labute approximate surface area is 375 Å². The van der Waals surface area contributed by atoms with Gasteiger partial charge in [-0.05, 0) is 88.8 Å². The highest BCUT2D eigenvalue weighted by Crippen LogP contribution is 2.48. The number of benzene rings is 2. The summed E-state index contributed by atoms with van der Waals surface area (Å²) in [7, 11) is 1.52. The van der Waals surface area contributed by atoms with Crippen molar-refractivity contribution in [3.63, 3.8) is 0 Å². The van der Waals surface area contributed by atoms with Crippen LogP contribution in [0, 0.1) is 0 Å². The molecule has 0 bridgehead atoms. The number of nitrogens with one attached hydrogen (secondary N) is 3. The van der Waals surface area contributed by atoms with Crippen molar-refractivity contribution in [3.05, 3.63) is 75.2 Å². The molecule has 4 saturated heterocycles. The minimum atomic E-state index is -0.620. The molecule has 3 N–H and O–H groups in total. The average Bonchev–Trinajstić information content (AvgIpc) is 3.58. The Morgan fingerprint density at radius 3 is 2.53 bits per heavy atom. The molecule has 2 aromatic heterocycles. The van der Waals surface area contributed by atoms with Gasteiger partial charge in [0, 0.05) is 92.7 Å². The van der Waals surface area contributed by atoms with Gasteiger partial charge in [0.05, 0.1) is 29.5 Å². The number of hydrogen-bond acceptors (Lipinski definition) is 13. The number of anilines is 4. The molecule has 0 radical (unpaired) electrons. The van der Waals surface area contributed by atoms with E-state index >= 15 is 0 Å². The highest BCUT2D eigenvalue weighted by molar-refractivity contribution is 6.33. The summed E-state index contributed by atoms with van der Waals surface area (Å²) in [6.45, 7) is 8.42. The summed E-state index contributed by atoms with van der Waals surface area (Å²) in [6.07, 6.45) is 7.53. The fraction of sp³-hybridized carbons (Fsp3) is 0.500. The monoisotopic (exact) mass is 892 g/mol. The van der Waals surface area contributed by atoms with Crippen LogP contribution < -0.4 is 36.0 Å². The summed E-state index contributed by atoms with van der Waals surface area (Å²) in [4.78, 5) is 81.2. The second-order valence-electron chi connectivity index (χ2n) is 18.3. The van der Waals surface area contributed by atoms with Crippen molar-refractivity contribution in [2.24, 2.45) is 0 Å². The normalized spacial score (nSPS) is 23.2. The lowest BCUT2D eigenvalue weighted by Gasteiger charge is -2.66. The third-order valence-electron chi connectivity index (χ3n) is 14.1. The van der Waals surface area contributed by atoms with Crippen molar-refractivity contribution in [2.75, 3.05) is 61.5 Å². The maximum atomic E-state index is 13.5. The number of carbonyl (C=O) groups excluding carboxylic acids is 4. The van der Waals surface area contributed by atoms with E-state index in [-0.39, 0.29) is 71.8 Å². The molecule has 5 aliphatic heterocycles. The van der Waals surface area contributed by atoms with E-state index in [0.717, 1.165) is 87.0 Å². The molecule has 1 saturated carbocycles. The summed E-state index contributed by atoms with van der Waals surface area (Å²) < 4.78 is 13.9. The lowest BCUT2D eigenvalue weighted by molar-refractivity contribution is -0.137. The van der Waals surface area contributed by atoms with Crippen LogP contribution in [0.2, 0.25) is 5.02 Å². The number of ether oxygens (including phenoxy) is 2. The van der Waals surface area contributed by atoms with E-state index in [4.69, 9.17) is 26.1 Å².